The van der Waals surface area contributed by atoms with Gasteiger partial charge < -0.3 is 9.30 Å². The molecule has 5 heteroatoms. The Morgan fingerprint density at radius 3 is 3.19 bits per heavy atom. The molecule has 0 spiro atoms. The fourth-order valence-corrected chi connectivity index (χ4v) is 2.68. The van der Waals surface area contributed by atoms with Gasteiger partial charge in [0.25, 0.3) is 0 Å². The van der Waals surface area contributed by atoms with Crippen LogP contribution in [0.5, 0.6) is 5.75 Å². The second kappa shape index (κ2) is 3.92. The van der Waals surface area contributed by atoms with Crippen LogP contribution in [0.15, 0.2) is 24.5 Å². The highest BCUT2D eigenvalue weighted by Crippen LogP contribution is 2.38. The van der Waals surface area contributed by atoms with Crippen LogP contribution in [0.3, 0.4) is 0 Å². The summed E-state index contributed by atoms with van der Waals surface area (Å²) < 4.78 is 8.78. The monoisotopic (exact) mass is 346 g/mol. The maximum Gasteiger partial charge on any atom is 0.144 e. The standard InChI is InChI=1S/C11H8ClIN2O/c12-7-1-2-8-9(10(7)13)11-14-3-4-15(11)5-6-16-8/h1-4H,5-6H2. The van der Waals surface area contributed by atoms with Crippen molar-refractivity contribution in [3.63, 3.8) is 0 Å². The van der Waals surface area contributed by atoms with E-state index in [9.17, 15) is 0 Å². The summed E-state index contributed by atoms with van der Waals surface area (Å²) in [7, 11) is 0. The molecular formula is C11H8ClIN2O. The van der Waals surface area contributed by atoms with Gasteiger partial charge in [-0.25, -0.2) is 4.98 Å². The van der Waals surface area contributed by atoms with Crippen molar-refractivity contribution in [2.45, 2.75) is 6.54 Å². The van der Waals surface area contributed by atoms with Gasteiger partial charge in [-0.3, -0.25) is 0 Å². The number of fused-ring (bicyclic) bond motifs is 3. The van der Waals surface area contributed by atoms with Gasteiger partial charge in [0.2, 0.25) is 0 Å². The van der Waals surface area contributed by atoms with Crippen molar-refractivity contribution in [3.05, 3.63) is 33.1 Å². The van der Waals surface area contributed by atoms with Gasteiger partial charge in [0.1, 0.15) is 18.2 Å². The molecule has 0 fully saturated rings. The zero-order chi connectivity index (χ0) is 11.1. The van der Waals surface area contributed by atoms with Gasteiger partial charge in [0.15, 0.2) is 0 Å². The van der Waals surface area contributed by atoms with E-state index in [0.717, 1.165) is 32.3 Å². The summed E-state index contributed by atoms with van der Waals surface area (Å²) in [5, 5.41) is 0.736. The largest absolute Gasteiger partial charge is 0.491 e. The Hall–Kier alpha value is -0.750. The van der Waals surface area contributed by atoms with E-state index in [0.29, 0.717) is 6.61 Å². The lowest BCUT2D eigenvalue weighted by molar-refractivity contribution is 0.306. The number of nitrogens with zero attached hydrogens (tertiary/aromatic N) is 2. The SMILES string of the molecule is Clc1ccc2c(c1I)-c1nccn1CCO2. The van der Waals surface area contributed by atoms with E-state index >= 15 is 0 Å². The predicted molar refractivity (Wildman–Crippen MR) is 70.9 cm³/mol. The first-order chi connectivity index (χ1) is 7.77. The van der Waals surface area contributed by atoms with Gasteiger partial charge in [0, 0.05) is 16.0 Å². The Bertz CT molecular complexity index is 553. The average Bonchev–Trinajstić information content (AvgIpc) is 2.65. The van der Waals surface area contributed by atoms with Crippen molar-refractivity contribution >= 4 is 34.2 Å². The lowest BCUT2D eigenvalue weighted by Gasteiger charge is -2.09. The van der Waals surface area contributed by atoms with E-state index < -0.39 is 0 Å². The van der Waals surface area contributed by atoms with Gasteiger partial charge in [-0.2, -0.15) is 0 Å². The van der Waals surface area contributed by atoms with Crippen molar-refractivity contribution in [2.75, 3.05) is 6.61 Å². The van der Waals surface area contributed by atoms with Crippen LogP contribution in [0.2, 0.25) is 5.02 Å². The Kier molecular flexibility index (Phi) is 2.55. The molecule has 1 aliphatic heterocycles. The smallest absolute Gasteiger partial charge is 0.144 e. The summed E-state index contributed by atoms with van der Waals surface area (Å²) in [5.74, 6) is 1.79. The number of aromatic nitrogens is 2. The first kappa shape index (κ1) is 10.4. The van der Waals surface area contributed by atoms with Crippen LogP contribution in [0.4, 0.5) is 0 Å². The number of benzene rings is 1. The van der Waals surface area contributed by atoms with E-state index in [1.807, 2.05) is 18.3 Å². The molecule has 1 aromatic heterocycles. The molecule has 1 aromatic carbocycles. The van der Waals surface area contributed by atoms with Crippen LogP contribution in [0, 0.1) is 3.57 Å². The van der Waals surface area contributed by atoms with Gasteiger partial charge in [-0.1, -0.05) is 11.6 Å². The fourth-order valence-electron chi connectivity index (χ4n) is 1.83. The number of rotatable bonds is 0. The van der Waals surface area contributed by atoms with E-state index in [4.69, 9.17) is 16.3 Å². The average molecular weight is 347 g/mol. The van der Waals surface area contributed by atoms with Crippen LogP contribution in [-0.2, 0) is 6.54 Å². The lowest BCUT2D eigenvalue weighted by atomic mass is 10.2. The molecule has 0 unspecified atom stereocenters. The third-order valence-electron chi connectivity index (χ3n) is 2.59. The minimum absolute atomic E-state index is 0.661. The van der Waals surface area contributed by atoms with Crippen molar-refractivity contribution in [1.29, 1.82) is 0 Å². The molecule has 82 valence electrons. The zero-order valence-corrected chi connectivity index (χ0v) is 11.2. The highest BCUT2D eigenvalue weighted by atomic mass is 127. The van der Waals surface area contributed by atoms with Crippen LogP contribution >= 0.6 is 34.2 Å². The van der Waals surface area contributed by atoms with Crippen molar-refractivity contribution in [1.82, 2.24) is 9.55 Å². The number of imidazole rings is 1. The first-order valence-corrected chi connectivity index (χ1v) is 6.35. The zero-order valence-electron chi connectivity index (χ0n) is 8.28. The predicted octanol–water partition coefficient (Wildman–Crippen LogP) is 3.20. The number of ether oxygens (including phenoxy) is 1. The quantitative estimate of drug-likeness (QED) is 0.685. The van der Waals surface area contributed by atoms with Crippen LogP contribution in [0.25, 0.3) is 11.4 Å². The maximum atomic E-state index is 6.13. The second-order valence-electron chi connectivity index (χ2n) is 3.53. The van der Waals surface area contributed by atoms with Gasteiger partial charge in [-0.15, -0.1) is 0 Å². The van der Waals surface area contributed by atoms with Crippen LogP contribution < -0.4 is 4.74 Å². The minimum atomic E-state index is 0.661. The Morgan fingerprint density at radius 2 is 2.31 bits per heavy atom. The van der Waals surface area contributed by atoms with Gasteiger partial charge in [0.05, 0.1) is 17.1 Å². The Morgan fingerprint density at radius 1 is 1.44 bits per heavy atom. The fraction of sp³-hybridized carbons (Fsp3) is 0.182. The molecule has 2 heterocycles. The molecule has 0 saturated heterocycles. The van der Waals surface area contributed by atoms with Gasteiger partial charge in [-0.05, 0) is 34.7 Å². The number of hydrogen-bond acceptors (Lipinski definition) is 2. The van der Waals surface area contributed by atoms with Crippen molar-refractivity contribution in [3.8, 4) is 17.1 Å². The third kappa shape index (κ3) is 1.51. The van der Waals surface area contributed by atoms with Crippen LogP contribution in [0.1, 0.15) is 0 Å². The number of hydrogen-bond donors (Lipinski definition) is 0. The van der Waals surface area contributed by atoms with E-state index in [-0.39, 0.29) is 0 Å². The minimum Gasteiger partial charge on any atom is -0.491 e. The van der Waals surface area contributed by atoms with Crippen molar-refractivity contribution < 1.29 is 4.74 Å². The molecule has 0 N–H and O–H groups in total. The topological polar surface area (TPSA) is 27.1 Å². The van der Waals surface area contributed by atoms with Gasteiger partial charge >= 0.3 is 0 Å². The highest BCUT2D eigenvalue weighted by molar-refractivity contribution is 14.1. The summed E-state index contributed by atoms with van der Waals surface area (Å²) in [6.07, 6.45) is 3.77. The molecule has 0 aliphatic carbocycles. The summed E-state index contributed by atoms with van der Waals surface area (Å²) >= 11 is 8.37. The molecule has 16 heavy (non-hydrogen) atoms. The molecule has 0 bridgehead atoms. The van der Waals surface area contributed by atoms with Crippen LogP contribution in [-0.4, -0.2) is 16.2 Å². The third-order valence-corrected chi connectivity index (χ3v) is 4.34. The second-order valence-corrected chi connectivity index (χ2v) is 5.01. The molecule has 0 atom stereocenters. The molecule has 1 aliphatic rings. The Balaban J connectivity index is 2.33. The number of halogens is 2. The molecule has 3 rings (SSSR count). The first-order valence-electron chi connectivity index (χ1n) is 4.89. The molecule has 3 nitrogen and oxygen atoms in total. The lowest BCUT2D eigenvalue weighted by Crippen LogP contribution is -2.04. The van der Waals surface area contributed by atoms with E-state index in [1.165, 1.54) is 0 Å². The summed E-state index contributed by atoms with van der Waals surface area (Å²) in [6.45, 7) is 1.48. The molecule has 0 radical (unpaired) electrons. The van der Waals surface area contributed by atoms with E-state index in [1.54, 1.807) is 6.20 Å². The molecule has 2 aromatic rings. The van der Waals surface area contributed by atoms with Crippen molar-refractivity contribution in [2.24, 2.45) is 0 Å². The summed E-state index contributed by atoms with van der Waals surface area (Å²) in [6, 6.07) is 3.77. The Labute approximate surface area is 112 Å². The molecular weight excluding hydrogens is 338 g/mol. The normalized spacial score (nSPS) is 13.6. The maximum absolute atomic E-state index is 6.13. The molecule has 0 saturated carbocycles. The summed E-state index contributed by atoms with van der Waals surface area (Å²) in [4.78, 5) is 4.38. The van der Waals surface area contributed by atoms with E-state index in [2.05, 4.69) is 32.1 Å². The molecule has 0 amide bonds. The summed E-state index contributed by atoms with van der Waals surface area (Å²) in [5.41, 5.74) is 0.996. The highest BCUT2D eigenvalue weighted by Gasteiger charge is 2.20.